The van der Waals surface area contributed by atoms with Gasteiger partial charge in [0, 0.05) is 17.3 Å². The summed E-state index contributed by atoms with van der Waals surface area (Å²) in [4.78, 5) is 12.5. The Kier molecular flexibility index (Phi) is 6.64. The summed E-state index contributed by atoms with van der Waals surface area (Å²) in [6, 6.07) is 23.4. The lowest BCUT2D eigenvalue weighted by molar-refractivity contribution is 0.102. The topological polar surface area (TPSA) is 71.3 Å². The monoisotopic (exact) mass is 384 g/mol. The van der Waals surface area contributed by atoms with Crippen molar-refractivity contribution in [1.82, 2.24) is 0 Å². The molecule has 0 aliphatic heterocycles. The molecule has 0 aromatic heterocycles. The zero-order valence-electron chi connectivity index (χ0n) is 15.8. The van der Waals surface area contributed by atoms with Gasteiger partial charge < -0.3 is 14.8 Å². The molecule has 29 heavy (non-hydrogen) atoms. The van der Waals surface area contributed by atoms with Crippen molar-refractivity contribution in [3.05, 3.63) is 102 Å². The molecule has 0 aliphatic carbocycles. The predicted octanol–water partition coefficient (Wildman–Crippen LogP) is 4.95. The van der Waals surface area contributed by atoms with Gasteiger partial charge in [0.1, 0.15) is 24.7 Å². The Morgan fingerprint density at radius 2 is 1.79 bits per heavy atom. The van der Waals surface area contributed by atoms with Crippen molar-refractivity contribution in [2.24, 2.45) is 0 Å². The van der Waals surface area contributed by atoms with Gasteiger partial charge in [0.2, 0.25) is 0 Å². The van der Waals surface area contributed by atoms with Crippen molar-refractivity contribution < 1.29 is 14.3 Å². The molecular weight excluding hydrogens is 364 g/mol. The number of amides is 1. The van der Waals surface area contributed by atoms with Gasteiger partial charge in [-0.2, -0.15) is 5.26 Å². The molecule has 5 heteroatoms. The maximum absolute atomic E-state index is 12.5. The highest BCUT2D eigenvalue weighted by Crippen LogP contribution is 2.20. The number of nitrogens with one attached hydrogen (secondary N) is 1. The number of nitriles is 1. The zero-order valence-corrected chi connectivity index (χ0v) is 15.8. The fourth-order valence-electron chi connectivity index (χ4n) is 2.62. The van der Waals surface area contributed by atoms with Gasteiger partial charge in [0.15, 0.2) is 0 Å². The molecule has 0 saturated carbocycles. The van der Waals surface area contributed by atoms with Gasteiger partial charge in [0.05, 0.1) is 11.6 Å². The molecule has 3 aromatic carbocycles. The van der Waals surface area contributed by atoms with Crippen LogP contribution in [0.1, 0.15) is 21.5 Å². The molecule has 3 rings (SSSR count). The lowest BCUT2D eigenvalue weighted by atomic mass is 10.1. The highest BCUT2D eigenvalue weighted by molar-refractivity contribution is 6.04. The van der Waals surface area contributed by atoms with E-state index < -0.39 is 0 Å². The number of anilines is 1. The first-order valence-electron chi connectivity index (χ1n) is 9.05. The van der Waals surface area contributed by atoms with Crippen molar-refractivity contribution in [2.75, 3.05) is 11.9 Å². The number of nitrogens with zero attached hydrogens (tertiary/aromatic N) is 1. The number of benzene rings is 3. The van der Waals surface area contributed by atoms with Gasteiger partial charge in [-0.25, -0.2) is 0 Å². The van der Waals surface area contributed by atoms with E-state index in [-0.39, 0.29) is 5.91 Å². The van der Waals surface area contributed by atoms with Crippen LogP contribution in [0.2, 0.25) is 0 Å². The van der Waals surface area contributed by atoms with E-state index >= 15 is 0 Å². The highest BCUT2D eigenvalue weighted by Gasteiger charge is 2.07. The lowest BCUT2D eigenvalue weighted by Crippen LogP contribution is -2.11. The van der Waals surface area contributed by atoms with Gasteiger partial charge in [0.25, 0.3) is 5.91 Å². The number of hydrogen-bond acceptors (Lipinski definition) is 4. The molecule has 144 valence electrons. The Balaban J connectivity index is 1.61. The van der Waals surface area contributed by atoms with Crippen molar-refractivity contribution in [3.8, 4) is 17.6 Å². The van der Waals surface area contributed by atoms with Crippen LogP contribution in [0.4, 0.5) is 5.69 Å². The first-order valence-corrected chi connectivity index (χ1v) is 9.05. The molecule has 0 atom stereocenters. The summed E-state index contributed by atoms with van der Waals surface area (Å²) >= 11 is 0. The van der Waals surface area contributed by atoms with E-state index in [0.717, 1.165) is 5.56 Å². The summed E-state index contributed by atoms with van der Waals surface area (Å²) < 4.78 is 11.2. The van der Waals surface area contributed by atoms with Crippen molar-refractivity contribution in [1.29, 1.82) is 5.26 Å². The summed E-state index contributed by atoms with van der Waals surface area (Å²) in [6.45, 7) is 4.35. The van der Waals surface area contributed by atoms with E-state index in [9.17, 15) is 4.79 Å². The molecule has 5 nitrogen and oxygen atoms in total. The summed E-state index contributed by atoms with van der Waals surface area (Å²) in [6.07, 6.45) is 1.66. The van der Waals surface area contributed by atoms with Crippen LogP contribution in [-0.4, -0.2) is 12.5 Å². The normalized spacial score (nSPS) is 9.90. The van der Waals surface area contributed by atoms with E-state index in [4.69, 9.17) is 14.7 Å². The quantitative estimate of drug-likeness (QED) is 0.558. The largest absolute Gasteiger partial charge is 0.490 e. The molecule has 0 fully saturated rings. The van der Waals surface area contributed by atoms with E-state index in [1.54, 1.807) is 54.6 Å². The summed E-state index contributed by atoms with van der Waals surface area (Å²) in [5, 5.41) is 11.8. The molecule has 0 unspecified atom stereocenters. The molecular formula is C24H20N2O3. The smallest absolute Gasteiger partial charge is 0.255 e. The van der Waals surface area contributed by atoms with Crippen molar-refractivity contribution >= 4 is 11.6 Å². The Labute approximate surface area is 169 Å². The Bertz CT molecular complexity index is 1040. The van der Waals surface area contributed by atoms with Crippen LogP contribution in [0.25, 0.3) is 0 Å². The molecule has 1 amide bonds. The van der Waals surface area contributed by atoms with Crippen LogP contribution >= 0.6 is 0 Å². The minimum Gasteiger partial charge on any atom is -0.490 e. The second-order valence-corrected chi connectivity index (χ2v) is 6.21. The summed E-state index contributed by atoms with van der Waals surface area (Å²) in [5.41, 5.74) is 2.64. The fraction of sp³-hybridized carbons (Fsp3) is 0.0833. The number of rotatable bonds is 8. The van der Waals surface area contributed by atoms with Gasteiger partial charge in [-0.05, 0) is 54.1 Å². The number of hydrogen-bond donors (Lipinski definition) is 1. The third-order valence-electron chi connectivity index (χ3n) is 4.04. The molecule has 0 radical (unpaired) electrons. The lowest BCUT2D eigenvalue weighted by Gasteiger charge is -2.10. The van der Waals surface area contributed by atoms with E-state index in [2.05, 4.69) is 18.0 Å². The average molecular weight is 384 g/mol. The van der Waals surface area contributed by atoms with Crippen molar-refractivity contribution in [3.63, 3.8) is 0 Å². The minimum atomic E-state index is -0.223. The van der Waals surface area contributed by atoms with E-state index in [1.165, 1.54) is 0 Å². The SMILES string of the molecule is C=CCOc1ccc(C(=O)Nc2cccc(OCc3cccc(C#N)c3)c2)cc1. The van der Waals surface area contributed by atoms with Gasteiger partial charge >= 0.3 is 0 Å². The second-order valence-electron chi connectivity index (χ2n) is 6.21. The minimum absolute atomic E-state index is 0.223. The average Bonchev–Trinajstić information content (AvgIpc) is 2.77. The Hall–Kier alpha value is -4.04. The maximum atomic E-state index is 12.5. The zero-order chi connectivity index (χ0) is 20.5. The van der Waals surface area contributed by atoms with E-state index in [1.807, 2.05) is 24.3 Å². The predicted molar refractivity (Wildman–Crippen MR) is 112 cm³/mol. The molecule has 3 aromatic rings. The third-order valence-corrected chi connectivity index (χ3v) is 4.04. The van der Waals surface area contributed by atoms with Crippen molar-refractivity contribution in [2.45, 2.75) is 6.61 Å². The van der Waals surface area contributed by atoms with Crippen LogP contribution in [0, 0.1) is 11.3 Å². The summed E-state index contributed by atoms with van der Waals surface area (Å²) in [5.74, 6) is 1.08. The van der Waals surface area contributed by atoms with Gasteiger partial charge in [-0.3, -0.25) is 4.79 Å². The number of carbonyl (C=O) groups excluding carboxylic acids is 1. The van der Waals surface area contributed by atoms with Crippen LogP contribution in [0.15, 0.2) is 85.5 Å². The molecule has 0 heterocycles. The molecule has 0 saturated heterocycles. The molecule has 0 aliphatic rings. The summed E-state index contributed by atoms with van der Waals surface area (Å²) in [7, 11) is 0. The highest BCUT2D eigenvalue weighted by atomic mass is 16.5. The molecule has 0 spiro atoms. The van der Waals surface area contributed by atoms with Crippen LogP contribution in [0.5, 0.6) is 11.5 Å². The van der Waals surface area contributed by atoms with Gasteiger partial charge in [-0.1, -0.05) is 30.9 Å². The molecule has 0 bridgehead atoms. The van der Waals surface area contributed by atoms with Crippen LogP contribution < -0.4 is 14.8 Å². The third kappa shape index (κ3) is 5.72. The Morgan fingerprint density at radius 3 is 2.55 bits per heavy atom. The Morgan fingerprint density at radius 1 is 1.00 bits per heavy atom. The standard InChI is InChI=1S/C24H20N2O3/c1-2-13-28-22-11-9-20(10-12-22)24(27)26-21-7-4-8-23(15-21)29-17-19-6-3-5-18(14-19)16-25/h2-12,14-15H,1,13,17H2,(H,26,27). The first kappa shape index (κ1) is 19.7. The van der Waals surface area contributed by atoms with Crippen LogP contribution in [0.3, 0.4) is 0 Å². The van der Waals surface area contributed by atoms with Crippen LogP contribution in [-0.2, 0) is 6.61 Å². The fourth-order valence-corrected chi connectivity index (χ4v) is 2.62. The number of carbonyl (C=O) groups is 1. The number of ether oxygens (including phenoxy) is 2. The van der Waals surface area contributed by atoms with Gasteiger partial charge in [-0.15, -0.1) is 0 Å². The molecule has 1 N–H and O–H groups in total. The van der Waals surface area contributed by atoms with E-state index in [0.29, 0.717) is 41.5 Å². The first-order chi connectivity index (χ1) is 14.2. The second kappa shape index (κ2) is 9.77. The maximum Gasteiger partial charge on any atom is 0.255 e.